The van der Waals surface area contributed by atoms with E-state index in [-0.39, 0.29) is 5.91 Å². The summed E-state index contributed by atoms with van der Waals surface area (Å²) in [6.07, 6.45) is 9.77. The van der Waals surface area contributed by atoms with Crippen LogP contribution in [0.4, 0.5) is 0 Å². The number of amides is 1. The van der Waals surface area contributed by atoms with E-state index in [4.69, 9.17) is 0 Å². The SMILES string of the molecule is CCn1nccc1CN(C)CC(=O)NCCC1CCCCC1. The maximum Gasteiger partial charge on any atom is 0.234 e. The second-order valence-corrected chi connectivity index (χ2v) is 6.45. The van der Waals surface area contributed by atoms with Gasteiger partial charge in [-0.2, -0.15) is 5.10 Å². The summed E-state index contributed by atoms with van der Waals surface area (Å²) in [4.78, 5) is 14.0. The second kappa shape index (κ2) is 8.93. The average molecular weight is 306 g/mol. The fraction of sp³-hybridized carbons (Fsp3) is 0.765. The van der Waals surface area contributed by atoms with Crippen molar-refractivity contribution >= 4 is 5.91 Å². The second-order valence-electron chi connectivity index (χ2n) is 6.45. The molecule has 0 radical (unpaired) electrons. The highest BCUT2D eigenvalue weighted by atomic mass is 16.2. The molecule has 1 saturated carbocycles. The number of hydrogen-bond donors (Lipinski definition) is 1. The number of carbonyl (C=O) groups excluding carboxylic acids is 1. The van der Waals surface area contributed by atoms with Crippen molar-refractivity contribution in [2.75, 3.05) is 20.1 Å². The molecule has 0 aromatic carbocycles. The lowest BCUT2D eigenvalue weighted by Gasteiger charge is -2.22. The normalized spacial score (nSPS) is 16.1. The highest BCUT2D eigenvalue weighted by Crippen LogP contribution is 2.25. The number of aromatic nitrogens is 2. The smallest absolute Gasteiger partial charge is 0.234 e. The molecule has 22 heavy (non-hydrogen) atoms. The van der Waals surface area contributed by atoms with Gasteiger partial charge in [-0.25, -0.2) is 0 Å². The summed E-state index contributed by atoms with van der Waals surface area (Å²) < 4.78 is 1.97. The Hall–Kier alpha value is -1.36. The van der Waals surface area contributed by atoms with E-state index >= 15 is 0 Å². The lowest BCUT2D eigenvalue weighted by molar-refractivity contribution is -0.122. The van der Waals surface area contributed by atoms with Gasteiger partial charge in [-0.3, -0.25) is 14.4 Å². The molecule has 1 fully saturated rings. The van der Waals surface area contributed by atoms with Gasteiger partial charge in [0.1, 0.15) is 0 Å². The molecule has 1 aliphatic carbocycles. The van der Waals surface area contributed by atoms with Crippen LogP contribution >= 0.6 is 0 Å². The van der Waals surface area contributed by atoms with Gasteiger partial charge in [0, 0.05) is 25.8 Å². The van der Waals surface area contributed by atoms with Crippen LogP contribution in [0.3, 0.4) is 0 Å². The molecule has 0 aliphatic heterocycles. The maximum absolute atomic E-state index is 12.0. The van der Waals surface area contributed by atoms with Crippen LogP contribution in [0, 0.1) is 5.92 Å². The summed E-state index contributed by atoms with van der Waals surface area (Å²) in [5, 5.41) is 7.32. The fourth-order valence-corrected chi connectivity index (χ4v) is 3.30. The van der Waals surface area contributed by atoms with Crippen molar-refractivity contribution in [3.8, 4) is 0 Å². The molecule has 1 aromatic heterocycles. The average Bonchev–Trinajstić information content (AvgIpc) is 2.95. The van der Waals surface area contributed by atoms with Crippen LogP contribution in [0.25, 0.3) is 0 Å². The maximum atomic E-state index is 12.0. The van der Waals surface area contributed by atoms with E-state index in [1.165, 1.54) is 32.1 Å². The van der Waals surface area contributed by atoms with Crippen LogP contribution in [0.1, 0.15) is 51.1 Å². The molecule has 1 amide bonds. The first-order chi connectivity index (χ1) is 10.7. The zero-order valence-electron chi connectivity index (χ0n) is 14.1. The first-order valence-corrected chi connectivity index (χ1v) is 8.65. The van der Waals surface area contributed by atoms with E-state index in [1.54, 1.807) is 0 Å². The summed E-state index contributed by atoms with van der Waals surface area (Å²) >= 11 is 0. The van der Waals surface area contributed by atoms with Gasteiger partial charge in [0.25, 0.3) is 0 Å². The predicted octanol–water partition coefficient (Wildman–Crippen LogP) is 2.42. The Morgan fingerprint density at radius 3 is 2.91 bits per heavy atom. The Bertz CT molecular complexity index is 451. The quantitative estimate of drug-likeness (QED) is 0.802. The minimum atomic E-state index is 0.126. The van der Waals surface area contributed by atoms with Crippen molar-refractivity contribution < 1.29 is 4.79 Å². The Labute approximate surface area is 134 Å². The van der Waals surface area contributed by atoms with Crippen LogP contribution < -0.4 is 5.32 Å². The predicted molar refractivity (Wildman–Crippen MR) is 88.4 cm³/mol. The number of rotatable bonds is 8. The molecule has 124 valence electrons. The highest BCUT2D eigenvalue weighted by molar-refractivity contribution is 5.77. The number of likely N-dealkylation sites (N-methyl/N-ethyl adjacent to an activating group) is 1. The van der Waals surface area contributed by atoms with Crippen LogP contribution in [0.5, 0.6) is 0 Å². The van der Waals surface area contributed by atoms with Crippen molar-refractivity contribution in [3.63, 3.8) is 0 Å². The number of hydrogen-bond acceptors (Lipinski definition) is 3. The first kappa shape index (κ1) is 17.0. The van der Waals surface area contributed by atoms with Crippen LogP contribution in [-0.2, 0) is 17.9 Å². The van der Waals surface area contributed by atoms with Crippen LogP contribution in [0.15, 0.2) is 12.3 Å². The number of nitrogens with one attached hydrogen (secondary N) is 1. The molecule has 0 saturated heterocycles. The molecule has 0 spiro atoms. The largest absolute Gasteiger partial charge is 0.355 e. The number of carbonyl (C=O) groups is 1. The topological polar surface area (TPSA) is 50.2 Å². The Kier molecular flexibility index (Phi) is 6.90. The molecule has 1 aliphatic rings. The van der Waals surface area contributed by atoms with Gasteiger partial charge in [0.05, 0.1) is 12.2 Å². The lowest BCUT2D eigenvalue weighted by Crippen LogP contribution is -2.36. The molecule has 5 heteroatoms. The standard InChI is InChI=1S/C17H30N4O/c1-3-21-16(10-12-19-21)13-20(2)14-17(22)18-11-9-15-7-5-4-6-8-15/h10,12,15H,3-9,11,13-14H2,1-2H3,(H,18,22). The molecule has 2 rings (SSSR count). The minimum Gasteiger partial charge on any atom is -0.355 e. The minimum absolute atomic E-state index is 0.126. The van der Waals surface area contributed by atoms with Gasteiger partial charge in [-0.15, -0.1) is 0 Å². The van der Waals surface area contributed by atoms with Crippen molar-refractivity contribution in [3.05, 3.63) is 18.0 Å². The van der Waals surface area contributed by atoms with E-state index < -0.39 is 0 Å². The highest BCUT2D eigenvalue weighted by Gasteiger charge is 2.14. The summed E-state index contributed by atoms with van der Waals surface area (Å²) in [5.41, 5.74) is 1.15. The molecular weight excluding hydrogens is 276 g/mol. The van der Waals surface area contributed by atoms with Gasteiger partial charge in [-0.1, -0.05) is 32.1 Å². The Balaban J connectivity index is 1.63. The van der Waals surface area contributed by atoms with Crippen molar-refractivity contribution in [2.24, 2.45) is 5.92 Å². The summed E-state index contributed by atoms with van der Waals surface area (Å²) in [5.74, 6) is 0.951. The molecule has 0 bridgehead atoms. The van der Waals surface area contributed by atoms with Crippen LogP contribution in [0.2, 0.25) is 0 Å². The summed E-state index contributed by atoms with van der Waals surface area (Å²) in [6.45, 7) is 4.96. The molecule has 5 nitrogen and oxygen atoms in total. The van der Waals surface area contributed by atoms with E-state index in [0.717, 1.165) is 37.7 Å². The molecular formula is C17H30N4O. The summed E-state index contributed by atoms with van der Waals surface area (Å²) in [6, 6.07) is 2.01. The third-order valence-electron chi connectivity index (χ3n) is 4.55. The first-order valence-electron chi connectivity index (χ1n) is 8.65. The van der Waals surface area contributed by atoms with Gasteiger partial charge in [-0.05, 0) is 32.4 Å². The molecule has 0 unspecified atom stereocenters. The van der Waals surface area contributed by atoms with Gasteiger partial charge >= 0.3 is 0 Å². The molecule has 1 heterocycles. The van der Waals surface area contributed by atoms with Gasteiger partial charge in [0.15, 0.2) is 0 Å². The van der Waals surface area contributed by atoms with E-state index in [0.29, 0.717) is 6.54 Å². The third kappa shape index (κ3) is 5.44. The monoisotopic (exact) mass is 306 g/mol. The lowest BCUT2D eigenvalue weighted by atomic mass is 9.87. The van der Waals surface area contributed by atoms with E-state index in [2.05, 4.69) is 17.3 Å². The molecule has 0 atom stereocenters. The Morgan fingerprint density at radius 2 is 2.18 bits per heavy atom. The van der Waals surface area contributed by atoms with Gasteiger partial charge < -0.3 is 5.32 Å². The number of aryl methyl sites for hydroxylation is 1. The summed E-state index contributed by atoms with van der Waals surface area (Å²) in [7, 11) is 1.98. The van der Waals surface area contributed by atoms with Crippen LogP contribution in [-0.4, -0.2) is 40.7 Å². The van der Waals surface area contributed by atoms with Crippen molar-refractivity contribution in [1.82, 2.24) is 20.0 Å². The van der Waals surface area contributed by atoms with E-state index in [9.17, 15) is 4.79 Å². The van der Waals surface area contributed by atoms with Crippen molar-refractivity contribution in [2.45, 2.75) is 58.5 Å². The number of nitrogens with zero attached hydrogens (tertiary/aromatic N) is 3. The van der Waals surface area contributed by atoms with E-state index in [1.807, 2.05) is 28.9 Å². The zero-order valence-corrected chi connectivity index (χ0v) is 14.1. The third-order valence-corrected chi connectivity index (χ3v) is 4.55. The van der Waals surface area contributed by atoms with Crippen molar-refractivity contribution in [1.29, 1.82) is 0 Å². The van der Waals surface area contributed by atoms with Gasteiger partial charge in [0.2, 0.25) is 5.91 Å². The molecule has 1 N–H and O–H groups in total. The zero-order chi connectivity index (χ0) is 15.8. The Morgan fingerprint density at radius 1 is 1.41 bits per heavy atom. The molecule has 1 aromatic rings. The fourth-order valence-electron chi connectivity index (χ4n) is 3.30.